The van der Waals surface area contributed by atoms with E-state index < -0.39 is 0 Å². The Balaban J connectivity index is 1.99. The fourth-order valence-corrected chi connectivity index (χ4v) is 2.59. The summed E-state index contributed by atoms with van der Waals surface area (Å²) >= 11 is 0. The first-order valence-corrected chi connectivity index (χ1v) is 7.46. The second-order valence-electron chi connectivity index (χ2n) is 5.31. The van der Waals surface area contributed by atoms with Gasteiger partial charge in [-0.2, -0.15) is 0 Å². The summed E-state index contributed by atoms with van der Waals surface area (Å²) in [4.78, 5) is 12.3. The summed E-state index contributed by atoms with van der Waals surface area (Å²) in [6.07, 6.45) is 0.475. The van der Waals surface area contributed by atoms with E-state index in [9.17, 15) is 4.79 Å². The molecule has 0 saturated heterocycles. The van der Waals surface area contributed by atoms with Crippen molar-refractivity contribution in [3.63, 3.8) is 0 Å². The van der Waals surface area contributed by atoms with Crippen LogP contribution in [0, 0.1) is 0 Å². The predicted molar refractivity (Wildman–Crippen MR) is 91.4 cm³/mol. The molecule has 124 valence electrons. The van der Waals surface area contributed by atoms with Gasteiger partial charge in [-0.25, -0.2) is 0 Å². The average molecular weight is 326 g/mol. The number of rotatable bonds is 5. The minimum atomic E-state index is -0.0746. The highest BCUT2D eigenvalue weighted by Gasteiger charge is 2.09. The Morgan fingerprint density at radius 3 is 2.38 bits per heavy atom. The summed E-state index contributed by atoms with van der Waals surface area (Å²) in [5.74, 6) is 2.52. The third-order valence-corrected chi connectivity index (χ3v) is 3.81. The highest BCUT2D eigenvalue weighted by atomic mass is 16.5. The van der Waals surface area contributed by atoms with Crippen molar-refractivity contribution in [2.24, 2.45) is 0 Å². The molecule has 0 aliphatic heterocycles. The van der Waals surface area contributed by atoms with Crippen LogP contribution < -0.4 is 19.6 Å². The van der Waals surface area contributed by atoms with Crippen molar-refractivity contribution in [3.05, 3.63) is 64.0 Å². The van der Waals surface area contributed by atoms with Gasteiger partial charge in [0.05, 0.1) is 26.7 Å². The van der Waals surface area contributed by atoms with Crippen molar-refractivity contribution in [1.82, 2.24) is 0 Å². The molecule has 24 heavy (non-hydrogen) atoms. The zero-order chi connectivity index (χ0) is 17.1. The third kappa shape index (κ3) is 3.06. The number of benzene rings is 2. The maximum Gasteiger partial charge on any atom is 0.192 e. The van der Waals surface area contributed by atoms with Gasteiger partial charge in [-0.3, -0.25) is 4.79 Å². The molecule has 3 rings (SSSR count). The lowest BCUT2D eigenvalue weighted by Crippen LogP contribution is -2.03. The van der Waals surface area contributed by atoms with Gasteiger partial charge in [-0.05, 0) is 29.8 Å². The average Bonchev–Trinajstić information content (AvgIpc) is 2.61. The molecule has 0 atom stereocenters. The first kappa shape index (κ1) is 15.9. The van der Waals surface area contributed by atoms with Gasteiger partial charge in [0.25, 0.3) is 0 Å². The van der Waals surface area contributed by atoms with E-state index in [-0.39, 0.29) is 5.43 Å². The Labute approximate surface area is 139 Å². The Hall–Kier alpha value is -2.95. The lowest BCUT2D eigenvalue weighted by atomic mass is 10.1. The van der Waals surface area contributed by atoms with Crippen molar-refractivity contribution >= 4 is 11.0 Å². The van der Waals surface area contributed by atoms with Crippen LogP contribution in [-0.2, 0) is 6.42 Å². The minimum absolute atomic E-state index is 0.0746. The van der Waals surface area contributed by atoms with Crippen LogP contribution in [0.15, 0.2) is 51.7 Å². The van der Waals surface area contributed by atoms with Crippen LogP contribution in [0.5, 0.6) is 17.2 Å². The van der Waals surface area contributed by atoms with Crippen LogP contribution in [0.25, 0.3) is 11.0 Å². The fraction of sp³-hybridized carbons (Fsp3) is 0.211. The Bertz CT molecular complexity index is 927. The zero-order valence-electron chi connectivity index (χ0n) is 13.8. The third-order valence-electron chi connectivity index (χ3n) is 3.81. The van der Waals surface area contributed by atoms with Crippen molar-refractivity contribution in [1.29, 1.82) is 0 Å². The molecular formula is C19H18O5. The quantitative estimate of drug-likeness (QED) is 0.719. The molecule has 0 unspecified atom stereocenters. The van der Waals surface area contributed by atoms with Crippen molar-refractivity contribution in [2.45, 2.75) is 6.42 Å². The van der Waals surface area contributed by atoms with Gasteiger partial charge >= 0.3 is 0 Å². The second kappa shape index (κ2) is 6.66. The zero-order valence-corrected chi connectivity index (χ0v) is 13.8. The molecule has 0 aliphatic rings. The molecule has 0 fully saturated rings. The van der Waals surface area contributed by atoms with E-state index in [1.54, 1.807) is 39.5 Å². The Morgan fingerprint density at radius 1 is 0.875 bits per heavy atom. The predicted octanol–water partition coefficient (Wildman–Crippen LogP) is 3.41. The van der Waals surface area contributed by atoms with Gasteiger partial charge in [0.1, 0.15) is 17.1 Å². The van der Waals surface area contributed by atoms with E-state index in [4.69, 9.17) is 18.6 Å². The Morgan fingerprint density at radius 2 is 1.67 bits per heavy atom. The highest BCUT2D eigenvalue weighted by Crippen LogP contribution is 2.29. The first-order chi connectivity index (χ1) is 11.6. The number of methoxy groups -OCH3 is 3. The van der Waals surface area contributed by atoms with Crippen molar-refractivity contribution < 1.29 is 18.6 Å². The number of fused-ring (bicyclic) bond motifs is 1. The van der Waals surface area contributed by atoms with E-state index in [0.29, 0.717) is 40.4 Å². The molecule has 3 aromatic rings. The molecule has 2 aromatic carbocycles. The summed E-state index contributed by atoms with van der Waals surface area (Å²) in [5.41, 5.74) is 1.39. The topological polar surface area (TPSA) is 57.9 Å². The number of hydrogen-bond donors (Lipinski definition) is 0. The van der Waals surface area contributed by atoms with Crippen LogP contribution in [0.4, 0.5) is 0 Å². The van der Waals surface area contributed by atoms with Crippen LogP contribution in [0.3, 0.4) is 0 Å². The summed E-state index contributed by atoms with van der Waals surface area (Å²) in [6, 6.07) is 12.3. The molecule has 0 aliphatic carbocycles. The minimum Gasteiger partial charge on any atom is -0.497 e. The molecular weight excluding hydrogens is 308 g/mol. The van der Waals surface area contributed by atoms with Crippen molar-refractivity contribution in [2.75, 3.05) is 21.3 Å². The van der Waals surface area contributed by atoms with Crippen LogP contribution >= 0.6 is 0 Å². The lowest BCUT2D eigenvalue weighted by Gasteiger charge is -2.09. The van der Waals surface area contributed by atoms with Crippen LogP contribution in [0.1, 0.15) is 11.3 Å². The number of hydrogen-bond acceptors (Lipinski definition) is 5. The molecule has 0 saturated carbocycles. The van der Waals surface area contributed by atoms with E-state index in [1.807, 2.05) is 18.2 Å². The lowest BCUT2D eigenvalue weighted by molar-refractivity contribution is 0.354. The first-order valence-electron chi connectivity index (χ1n) is 7.46. The van der Waals surface area contributed by atoms with E-state index in [1.165, 1.54) is 6.07 Å². The van der Waals surface area contributed by atoms with Gasteiger partial charge in [-0.15, -0.1) is 0 Å². The largest absolute Gasteiger partial charge is 0.497 e. The molecule has 0 spiro atoms. The van der Waals surface area contributed by atoms with Gasteiger partial charge < -0.3 is 18.6 Å². The molecule has 1 heterocycles. The maximum absolute atomic E-state index is 12.3. The summed E-state index contributed by atoms with van der Waals surface area (Å²) < 4.78 is 21.6. The standard InChI is InChI=1S/C19H18O5/c1-21-13-5-6-15-16(20)10-14(24-18(15)11-13)8-12-4-7-17(22-2)19(9-12)23-3/h4-7,9-11H,8H2,1-3H3. The Kier molecular flexibility index (Phi) is 4.42. The van der Waals surface area contributed by atoms with E-state index in [2.05, 4.69) is 0 Å². The second-order valence-corrected chi connectivity index (χ2v) is 5.31. The summed E-state index contributed by atoms with van der Waals surface area (Å²) in [5, 5.41) is 0.534. The smallest absolute Gasteiger partial charge is 0.192 e. The van der Waals surface area contributed by atoms with Gasteiger partial charge in [0.15, 0.2) is 16.9 Å². The monoisotopic (exact) mass is 326 g/mol. The SMILES string of the molecule is COc1ccc2c(=O)cc(Cc3ccc(OC)c(OC)c3)oc2c1. The van der Waals surface area contributed by atoms with Crippen LogP contribution in [0.2, 0.25) is 0 Å². The maximum atomic E-state index is 12.3. The normalized spacial score (nSPS) is 10.6. The van der Waals surface area contributed by atoms with Crippen molar-refractivity contribution in [3.8, 4) is 17.2 Å². The van der Waals surface area contributed by atoms with E-state index >= 15 is 0 Å². The highest BCUT2D eigenvalue weighted by molar-refractivity contribution is 5.78. The fourth-order valence-electron chi connectivity index (χ4n) is 2.59. The van der Waals surface area contributed by atoms with Gasteiger partial charge in [-0.1, -0.05) is 6.07 Å². The number of ether oxygens (including phenoxy) is 3. The molecule has 0 radical (unpaired) electrons. The molecule has 0 N–H and O–H groups in total. The van der Waals surface area contributed by atoms with Gasteiger partial charge in [0, 0.05) is 18.6 Å². The molecule has 0 bridgehead atoms. The molecule has 1 aromatic heterocycles. The summed E-state index contributed by atoms with van der Waals surface area (Å²) in [7, 11) is 4.75. The molecule has 0 amide bonds. The molecule has 5 heteroatoms. The van der Waals surface area contributed by atoms with Crippen LogP contribution in [-0.4, -0.2) is 21.3 Å². The summed E-state index contributed by atoms with van der Waals surface area (Å²) in [6.45, 7) is 0. The van der Waals surface area contributed by atoms with Gasteiger partial charge in [0.2, 0.25) is 0 Å². The van der Waals surface area contributed by atoms with E-state index in [0.717, 1.165) is 5.56 Å². The molecule has 5 nitrogen and oxygen atoms in total.